The molecule has 1 N–H and O–H groups in total. The molecular weight excluding hydrogens is 224 g/mol. The van der Waals surface area contributed by atoms with E-state index in [1.54, 1.807) is 12.5 Å². The van der Waals surface area contributed by atoms with Crippen molar-refractivity contribution >= 4 is 5.82 Å². The fraction of sp³-hybridized carbons (Fsp3) is 0.357. The van der Waals surface area contributed by atoms with Crippen LogP contribution in [0.1, 0.15) is 25.8 Å². The average Bonchev–Trinajstić information content (AvgIpc) is 2.45. The molecule has 94 valence electrons. The third kappa shape index (κ3) is 2.64. The SMILES string of the molecule is CCCNc1ncnc(-c2ccccn2)c1CC. The van der Waals surface area contributed by atoms with Crippen molar-refractivity contribution in [3.63, 3.8) is 0 Å². The fourth-order valence-electron chi connectivity index (χ4n) is 1.87. The van der Waals surface area contributed by atoms with Gasteiger partial charge in [0.05, 0.1) is 11.4 Å². The van der Waals surface area contributed by atoms with Crippen LogP contribution in [-0.2, 0) is 6.42 Å². The number of nitrogens with zero attached hydrogens (tertiary/aromatic N) is 3. The molecule has 0 atom stereocenters. The van der Waals surface area contributed by atoms with E-state index >= 15 is 0 Å². The molecule has 0 unspecified atom stereocenters. The molecule has 0 saturated heterocycles. The molecule has 0 aliphatic carbocycles. The number of hydrogen-bond acceptors (Lipinski definition) is 4. The summed E-state index contributed by atoms with van der Waals surface area (Å²) < 4.78 is 0. The number of pyridine rings is 1. The van der Waals surface area contributed by atoms with E-state index in [9.17, 15) is 0 Å². The minimum atomic E-state index is 0.888. The monoisotopic (exact) mass is 242 g/mol. The summed E-state index contributed by atoms with van der Waals surface area (Å²) in [6.07, 6.45) is 5.35. The van der Waals surface area contributed by atoms with E-state index < -0.39 is 0 Å². The lowest BCUT2D eigenvalue weighted by molar-refractivity contribution is 0.948. The van der Waals surface area contributed by atoms with Gasteiger partial charge in [0, 0.05) is 18.3 Å². The Labute approximate surface area is 108 Å². The number of nitrogens with one attached hydrogen (secondary N) is 1. The Kier molecular flexibility index (Phi) is 4.23. The van der Waals surface area contributed by atoms with Crippen LogP contribution in [0.2, 0.25) is 0 Å². The Balaban J connectivity index is 2.41. The summed E-state index contributed by atoms with van der Waals surface area (Å²) >= 11 is 0. The van der Waals surface area contributed by atoms with Crippen LogP contribution >= 0.6 is 0 Å². The first-order valence-corrected chi connectivity index (χ1v) is 6.36. The van der Waals surface area contributed by atoms with Gasteiger partial charge in [0.1, 0.15) is 12.1 Å². The van der Waals surface area contributed by atoms with Crippen molar-refractivity contribution in [2.45, 2.75) is 26.7 Å². The zero-order valence-electron chi connectivity index (χ0n) is 10.8. The second-order valence-electron chi connectivity index (χ2n) is 4.04. The summed E-state index contributed by atoms with van der Waals surface area (Å²) in [4.78, 5) is 13.1. The van der Waals surface area contributed by atoms with Gasteiger partial charge in [0.25, 0.3) is 0 Å². The molecule has 0 radical (unpaired) electrons. The summed E-state index contributed by atoms with van der Waals surface area (Å²) in [7, 11) is 0. The molecule has 0 fully saturated rings. The molecule has 0 spiro atoms. The van der Waals surface area contributed by atoms with Crippen molar-refractivity contribution in [2.24, 2.45) is 0 Å². The highest BCUT2D eigenvalue weighted by atomic mass is 15.0. The maximum absolute atomic E-state index is 4.37. The first kappa shape index (κ1) is 12.5. The van der Waals surface area contributed by atoms with Gasteiger partial charge in [-0.2, -0.15) is 0 Å². The molecule has 2 heterocycles. The third-order valence-corrected chi connectivity index (χ3v) is 2.75. The van der Waals surface area contributed by atoms with Crippen molar-refractivity contribution in [2.75, 3.05) is 11.9 Å². The van der Waals surface area contributed by atoms with Gasteiger partial charge >= 0.3 is 0 Å². The molecule has 4 heteroatoms. The van der Waals surface area contributed by atoms with Gasteiger partial charge in [-0.1, -0.05) is 19.9 Å². The Hall–Kier alpha value is -1.97. The quantitative estimate of drug-likeness (QED) is 0.875. The van der Waals surface area contributed by atoms with Crippen LogP contribution in [-0.4, -0.2) is 21.5 Å². The van der Waals surface area contributed by atoms with Crippen LogP contribution in [0.4, 0.5) is 5.82 Å². The maximum atomic E-state index is 4.37. The zero-order valence-corrected chi connectivity index (χ0v) is 10.8. The van der Waals surface area contributed by atoms with E-state index in [2.05, 4.69) is 34.1 Å². The van der Waals surface area contributed by atoms with E-state index in [4.69, 9.17) is 0 Å². The number of aromatic nitrogens is 3. The van der Waals surface area contributed by atoms with Crippen LogP contribution in [0.25, 0.3) is 11.4 Å². The highest BCUT2D eigenvalue weighted by Gasteiger charge is 2.11. The van der Waals surface area contributed by atoms with Crippen LogP contribution in [0.3, 0.4) is 0 Å². The largest absolute Gasteiger partial charge is 0.370 e. The number of anilines is 1. The Bertz CT molecular complexity index is 496. The summed E-state index contributed by atoms with van der Waals surface area (Å²) in [6.45, 7) is 5.17. The minimum absolute atomic E-state index is 0.888. The molecule has 2 rings (SSSR count). The van der Waals surface area contributed by atoms with E-state index in [-0.39, 0.29) is 0 Å². The summed E-state index contributed by atoms with van der Waals surface area (Å²) in [5, 5.41) is 3.35. The normalized spacial score (nSPS) is 10.3. The Morgan fingerprint density at radius 1 is 1.11 bits per heavy atom. The van der Waals surface area contributed by atoms with Crippen LogP contribution < -0.4 is 5.32 Å². The second-order valence-corrected chi connectivity index (χ2v) is 4.04. The Morgan fingerprint density at radius 3 is 2.67 bits per heavy atom. The minimum Gasteiger partial charge on any atom is -0.370 e. The highest BCUT2D eigenvalue weighted by Crippen LogP contribution is 2.24. The van der Waals surface area contributed by atoms with Crippen molar-refractivity contribution in [1.29, 1.82) is 0 Å². The first-order valence-electron chi connectivity index (χ1n) is 6.36. The topological polar surface area (TPSA) is 50.7 Å². The van der Waals surface area contributed by atoms with Gasteiger partial charge in [-0.15, -0.1) is 0 Å². The molecule has 0 aliphatic rings. The molecule has 0 saturated carbocycles. The fourth-order valence-corrected chi connectivity index (χ4v) is 1.87. The average molecular weight is 242 g/mol. The molecule has 0 amide bonds. The van der Waals surface area contributed by atoms with Crippen molar-refractivity contribution in [3.8, 4) is 11.4 Å². The standard InChI is InChI=1S/C14H18N4/c1-3-8-16-14-11(4-2)13(17-10-18-14)12-7-5-6-9-15-12/h5-7,9-10H,3-4,8H2,1-2H3,(H,16,17,18). The number of rotatable bonds is 5. The van der Waals surface area contributed by atoms with Gasteiger partial charge in [-0.3, -0.25) is 4.98 Å². The molecular formula is C14H18N4. The lowest BCUT2D eigenvalue weighted by atomic mass is 10.1. The van der Waals surface area contributed by atoms with E-state index in [0.717, 1.165) is 42.2 Å². The molecule has 2 aromatic rings. The second kappa shape index (κ2) is 6.10. The predicted octanol–water partition coefficient (Wildman–Crippen LogP) is 2.92. The van der Waals surface area contributed by atoms with Gasteiger partial charge in [0.15, 0.2) is 0 Å². The molecule has 18 heavy (non-hydrogen) atoms. The molecule has 2 aromatic heterocycles. The van der Waals surface area contributed by atoms with Crippen LogP contribution in [0, 0.1) is 0 Å². The Morgan fingerprint density at radius 2 is 2.00 bits per heavy atom. The van der Waals surface area contributed by atoms with Gasteiger partial charge in [-0.25, -0.2) is 9.97 Å². The molecule has 4 nitrogen and oxygen atoms in total. The van der Waals surface area contributed by atoms with Gasteiger partial charge in [-0.05, 0) is 25.0 Å². The van der Waals surface area contributed by atoms with Crippen molar-refractivity contribution < 1.29 is 0 Å². The molecule has 0 bridgehead atoms. The lowest BCUT2D eigenvalue weighted by Gasteiger charge is -2.12. The first-order chi connectivity index (χ1) is 8.86. The van der Waals surface area contributed by atoms with Gasteiger partial charge in [0.2, 0.25) is 0 Å². The third-order valence-electron chi connectivity index (χ3n) is 2.75. The van der Waals surface area contributed by atoms with E-state index in [1.165, 1.54) is 0 Å². The summed E-state index contributed by atoms with van der Waals surface area (Å²) in [5.74, 6) is 0.926. The van der Waals surface area contributed by atoms with Crippen molar-refractivity contribution in [1.82, 2.24) is 15.0 Å². The zero-order chi connectivity index (χ0) is 12.8. The lowest BCUT2D eigenvalue weighted by Crippen LogP contribution is -2.07. The van der Waals surface area contributed by atoms with Gasteiger partial charge < -0.3 is 5.32 Å². The van der Waals surface area contributed by atoms with E-state index in [1.807, 2.05) is 18.2 Å². The highest BCUT2D eigenvalue weighted by molar-refractivity contribution is 5.65. The van der Waals surface area contributed by atoms with Crippen LogP contribution in [0.5, 0.6) is 0 Å². The summed E-state index contributed by atoms with van der Waals surface area (Å²) in [5.41, 5.74) is 2.95. The van der Waals surface area contributed by atoms with Crippen LogP contribution in [0.15, 0.2) is 30.7 Å². The molecule has 0 aromatic carbocycles. The summed E-state index contributed by atoms with van der Waals surface area (Å²) in [6, 6.07) is 5.86. The maximum Gasteiger partial charge on any atom is 0.133 e. The number of hydrogen-bond donors (Lipinski definition) is 1. The predicted molar refractivity (Wildman–Crippen MR) is 73.4 cm³/mol. The van der Waals surface area contributed by atoms with E-state index in [0.29, 0.717) is 0 Å². The molecule has 0 aliphatic heterocycles. The van der Waals surface area contributed by atoms with Crippen molar-refractivity contribution in [3.05, 3.63) is 36.3 Å². The smallest absolute Gasteiger partial charge is 0.133 e.